The van der Waals surface area contributed by atoms with Gasteiger partial charge in [-0.15, -0.1) is 0 Å². The first-order valence-corrected chi connectivity index (χ1v) is 5.19. The predicted molar refractivity (Wildman–Crippen MR) is 58.4 cm³/mol. The van der Waals surface area contributed by atoms with Crippen LogP contribution < -0.4 is 0 Å². The van der Waals surface area contributed by atoms with Crippen LogP contribution in [-0.4, -0.2) is 50.9 Å². The van der Waals surface area contributed by atoms with Gasteiger partial charge < -0.3 is 33.2 Å². The van der Waals surface area contributed by atoms with Gasteiger partial charge in [0.25, 0.3) is 0 Å². The fraction of sp³-hybridized carbons (Fsp3) is 0.818. The second kappa shape index (κ2) is 13.8. The van der Waals surface area contributed by atoms with E-state index in [0.29, 0.717) is 39.3 Å². The van der Waals surface area contributed by atoms with Gasteiger partial charge in [-0.05, 0) is 0 Å². The molecule has 0 amide bonds. The molecule has 0 saturated heterocycles. The molecule has 2 atom stereocenters. The number of hydrogen-bond donors (Lipinski definition) is 1. The molecule has 4 nitrogen and oxygen atoms in total. The molecule has 0 spiro atoms. The third-order valence-corrected chi connectivity index (χ3v) is 1.97. The Labute approximate surface area is 92.5 Å². The van der Waals surface area contributed by atoms with Crippen molar-refractivity contribution in [3.05, 3.63) is 13.8 Å². The van der Waals surface area contributed by atoms with E-state index in [4.69, 9.17) is 19.3 Å². The maximum absolute atomic E-state index is 9.12. The van der Waals surface area contributed by atoms with E-state index < -0.39 is 6.10 Å². The molecule has 96 valence electrons. The second-order valence-electron chi connectivity index (χ2n) is 3.24. The van der Waals surface area contributed by atoms with Crippen LogP contribution in [0.1, 0.15) is 12.8 Å². The number of aliphatic hydroxyl groups excluding tert-OH is 1. The molecule has 0 saturated carbocycles. The maximum Gasteiger partial charge on any atom is 0.0704 e. The monoisotopic (exact) mass is 752 g/mol. The molecule has 0 aliphatic rings. The zero-order valence-corrected chi connectivity index (χ0v) is 23.7. The first-order chi connectivity index (χ1) is 7.24. The molecule has 0 bridgehead atoms. The number of hydrogen-bond acceptors (Lipinski definition) is 4. The van der Waals surface area contributed by atoms with Crippen molar-refractivity contribution in [1.82, 2.24) is 0 Å². The Kier molecular flexibility index (Phi) is 16.5. The van der Waals surface area contributed by atoms with Crippen LogP contribution in [0.3, 0.4) is 0 Å². The molecule has 2 unspecified atom stereocenters. The molecule has 0 aromatic carbocycles. The summed E-state index contributed by atoms with van der Waals surface area (Å²) < 4.78 is 15.6. The quantitative estimate of drug-likeness (QED) is 0.266. The average molecular weight is 752 g/mol. The van der Waals surface area contributed by atoms with Gasteiger partial charge in [-0.1, -0.05) is 0 Å². The van der Waals surface area contributed by atoms with Crippen LogP contribution in [0.4, 0.5) is 0 Å². The Bertz CT molecular complexity index is 135. The van der Waals surface area contributed by atoms with Crippen molar-refractivity contribution in [1.29, 1.82) is 0 Å². The minimum absolute atomic E-state index is 0. The summed E-state index contributed by atoms with van der Waals surface area (Å²) in [6.45, 7) is 9.12. The summed E-state index contributed by atoms with van der Waals surface area (Å²) in [5.74, 6) is 0. The summed E-state index contributed by atoms with van der Waals surface area (Å²) in [6, 6.07) is 0. The summed E-state index contributed by atoms with van der Waals surface area (Å²) in [5, 5.41) is 9.12. The van der Waals surface area contributed by atoms with Crippen molar-refractivity contribution < 1.29 is 19.3 Å². The summed E-state index contributed by atoms with van der Waals surface area (Å²) in [5.41, 5.74) is 0. The Balaban J connectivity index is -0.000000980. The van der Waals surface area contributed by atoms with Crippen molar-refractivity contribution >= 4 is 0 Å². The van der Waals surface area contributed by atoms with E-state index in [2.05, 4.69) is 13.8 Å². The topological polar surface area (TPSA) is 47.9 Å². The maximum atomic E-state index is 9.12. The van der Waals surface area contributed by atoms with Crippen molar-refractivity contribution in [3.8, 4) is 0 Å². The van der Waals surface area contributed by atoms with Crippen LogP contribution in [0.2, 0.25) is 0 Å². The number of methoxy groups -OCH3 is 1. The zero-order chi connectivity index (χ0) is 11.5. The molecule has 0 aromatic rings. The van der Waals surface area contributed by atoms with Gasteiger partial charge >= 0.3 is 0 Å². The number of aliphatic hydroxyl groups is 1. The van der Waals surface area contributed by atoms with Gasteiger partial charge in [0.15, 0.2) is 0 Å². The van der Waals surface area contributed by atoms with Gasteiger partial charge in [0.1, 0.15) is 0 Å². The fourth-order valence-electron chi connectivity index (χ4n) is 0.905. The molecule has 0 fully saturated rings. The van der Waals surface area contributed by atoms with E-state index in [-0.39, 0.29) is 6.10 Å². The molecule has 1 N–H and O–H groups in total. The van der Waals surface area contributed by atoms with Gasteiger partial charge in [0.2, 0.25) is 0 Å². The van der Waals surface area contributed by atoms with Crippen molar-refractivity contribution in [2.24, 2.45) is 0 Å². The van der Waals surface area contributed by atoms with E-state index in [9.17, 15) is 0 Å². The Hall–Kier alpha value is -2.16. The van der Waals surface area contributed by atoms with Gasteiger partial charge in [-0.25, -0.2) is 0 Å². The molecular weight excluding hydrogens is 730 g/mol. The van der Waals surface area contributed by atoms with Crippen molar-refractivity contribution in [2.45, 2.75) is 25.0 Å². The Morgan fingerprint density at radius 1 is 1.00 bits per heavy atom. The van der Waals surface area contributed by atoms with Gasteiger partial charge in [-0.3, -0.25) is 0 Å². The van der Waals surface area contributed by atoms with Crippen LogP contribution >= 0.6 is 0 Å². The van der Waals surface area contributed by atoms with E-state index in [1.165, 1.54) is 0 Å². The summed E-state index contributed by atoms with van der Waals surface area (Å²) in [6.07, 6.45) is 0.734. The molecule has 6 heteroatoms. The van der Waals surface area contributed by atoms with E-state index in [1.54, 1.807) is 7.11 Å². The molecule has 0 aliphatic carbocycles. The molecule has 0 aliphatic heterocycles. The summed E-state index contributed by atoms with van der Waals surface area (Å²) in [4.78, 5) is 0. The van der Waals surface area contributed by atoms with Gasteiger partial charge in [0, 0.05) is 7.11 Å². The second-order valence-corrected chi connectivity index (χ2v) is 3.24. The normalized spacial score (nSPS) is 13.4. The first kappa shape index (κ1) is 20.3. The Morgan fingerprint density at radius 2 is 1.53 bits per heavy atom. The van der Waals surface area contributed by atoms with Crippen molar-refractivity contribution in [2.75, 3.05) is 33.5 Å². The Morgan fingerprint density at radius 3 is 1.94 bits per heavy atom. The van der Waals surface area contributed by atoms with Gasteiger partial charge in [0.05, 0.1) is 38.6 Å². The summed E-state index contributed by atoms with van der Waals surface area (Å²) in [7, 11) is 1.64. The van der Waals surface area contributed by atoms with Crippen LogP contribution in [0.25, 0.3) is 0 Å². The molecule has 0 rings (SSSR count). The van der Waals surface area contributed by atoms with Crippen molar-refractivity contribution in [3.63, 3.8) is 0 Å². The zero-order valence-electron chi connectivity index (χ0n) is 10.9. The molecule has 0 radical (unpaired) electrons. The van der Waals surface area contributed by atoms with E-state index in [0.717, 1.165) is 0 Å². The van der Waals surface area contributed by atoms with Crippen LogP contribution in [0.5, 0.6) is 0 Å². The standard InChI is InChI=1S/C11H22O4.2Rf/c1-4-10(12)8-14-6-7-15-9-11(5-2)13-3;;/h10-12H,1-2,4-9H2,3H3;;/q-2;;. The minimum atomic E-state index is -0.475. The molecular formula is C11H22O4Rf2-2. The smallest absolute Gasteiger partial charge is 0.0704 e. The van der Waals surface area contributed by atoms with E-state index >= 15 is 0 Å². The molecule has 17 heavy (non-hydrogen) atoms. The summed E-state index contributed by atoms with van der Waals surface area (Å²) >= 11 is 0. The number of rotatable bonds is 10. The third-order valence-electron chi connectivity index (χ3n) is 1.97. The first-order valence-electron chi connectivity index (χ1n) is 5.19. The third kappa shape index (κ3) is 11.8. The largest absolute Gasteiger partial charge is 0.393 e. The van der Waals surface area contributed by atoms with Gasteiger partial charge in [-0.2, -0.15) is 12.8 Å². The molecule has 0 heterocycles. The van der Waals surface area contributed by atoms with Crippen LogP contribution in [-0.2, 0) is 14.2 Å². The van der Waals surface area contributed by atoms with Crippen LogP contribution in [0.15, 0.2) is 0 Å². The molecule has 0 aromatic heterocycles. The number of ether oxygens (including phenoxy) is 3. The fourth-order valence-corrected chi connectivity index (χ4v) is 0.905. The SMILES string of the molecule is [CH2-]CC(O)COCCOCC(C[CH2-])OC.[Rf].[Rf]. The average Bonchev–Trinajstić information content (AvgIpc) is 2.28. The predicted octanol–water partition coefficient (Wildman–Crippen LogP) is 0.844. The minimum Gasteiger partial charge on any atom is -0.393 e. The van der Waals surface area contributed by atoms with Crippen LogP contribution in [0, 0.1) is 13.8 Å². The van der Waals surface area contributed by atoms with E-state index in [1.807, 2.05) is 0 Å².